The minimum absolute atomic E-state index is 0.493. The summed E-state index contributed by atoms with van der Waals surface area (Å²) >= 11 is 7.07. The lowest BCUT2D eigenvalue weighted by Gasteiger charge is -2.29. The molecule has 0 heterocycles. The normalized spacial score (nSPS) is 22.5. The van der Waals surface area contributed by atoms with Crippen LogP contribution in [0.25, 0.3) is 0 Å². The van der Waals surface area contributed by atoms with E-state index in [1.54, 1.807) is 11.8 Å². The van der Waals surface area contributed by atoms with Crippen molar-refractivity contribution in [3.8, 4) is 0 Å². The lowest BCUT2D eigenvalue weighted by molar-refractivity contribution is 0.358. The Bertz CT molecular complexity index is 474. The SMILES string of the molecule is CCSc1cccc(NC2CCCC(C)C2)c1C(N)=S. The molecule has 0 aromatic heterocycles. The van der Waals surface area contributed by atoms with Crippen LogP contribution >= 0.6 is 24.0 Å². The summed E-state index contributed by atoms with van der Waals surface area (Å²) in [7, 11) is 0. The van der Waals surface area contributed by atoms with Crippen molar-refractivity contribution < 1.29 is 0 Å². The molecule has 0 radical (unpaired) electrons. The van der Waals surface area contributed by atoms with Crippen molar-refractivity contribution in [1.82, 2.24) is 0 Å². The van der Waals surface area contributed by atoms with Gasteiger partial charge in [-0.1, -0.05) is 45.0 Å². The van der Waals surface area contributed by atoms with Crippen LogP contribution in [0.2, 0.25) is 0 Å². The van der Waals surface area contributed by atoms with Gasteiger partial charge in [-0.15, -0.1) is 11.8 Å². The van der Waals surface area contributed by atoms with Crippen LogP contribution in [-0.4, -0.2) is 16.8 Å². The molecular weight excluding hydrogens is 284 g/mol. The third-order valence-corrected chi connectivity index (χ3v) is 5.01. The van der Waals surface area contributed by atoms with E-state index in [0.29, 0.717) is 11.0 Å². The number of benzene rings is 1. The van der Waals surface area contributed by atoms with Gasteiger partial charge in [-0.3, -0.25) is 0 Å². The van der Waals surface area contributed by atoms with E-state index in [-0.39, 0.29) is 0 Å². The Hall–Kier alpha value is -0.740. The van der Waals surface area contributed by atoms with E-state index >= 15 is 0 Å². The first-order chi connectivity index (χ1) is 9.61. The van der Waals surface area contributed by atoms with Crippen LogP contribution in [-0.2, 0) is 0 Å². The number of nitrogens with two attached hydrogens (primary N) is 1. The fourth-order valence-electron chi connectivity index (χ4n) is 2.97. The zero-order chi connectivity index (χ0) is 14.5. The molecule has 2 rings (SSSR count). The number of hydrogen-bond donors (Lipinski definition) is 2. The summed E-state index contributed by atoms with van der Waals surface area (Å²) in [6.07, 6.45) is 5.14. The molecule has 0 saturated heterocycles. The van der Waals surface area contributed by atoms with Gasteiger partial charge in [0.1, 0.15) is 4.99 Å². The van der Waals surface area contributed by atoms with Crippen molar-refractivity contribution in [3.63, 3.8) is 0 Å². The molecule has 20 heavy (non-hydrogen) atoms. The third kappa shape index (κ3) is 3.89. The van der Waals surface area contributed by atoms with Crippen LogP contribution < -0.4 is 11.1 Å². The van der Waals surface area contributed by atoms with E-state index in [0.717, 1.165) is 22.9 Å². The molecule has 1 aromatic carbocycles. The second kappa shape index (κ2) is 7.32. The molecule has 1 fully saturated rings. The molecule has 1 aliphatic rings. The molecule has 0 aliphatic heterocycles. The molecule has 2 unspecified atom stereocenters. The zero-order valence-corrected chi connectivity index (χ0v) is 13.9. The number of nitrogens with one attached hydrogen (secondary N) is 1. The molecule has 1 saturated carbocycles. The topological polar surface area (TPSA) is 38.0 Å². The molecule has 1 aliphatic carbocycles. The van der Waals surface area contributed by atoms with Crippen LogP contribution in [0.1, 0.15) is 45.1 Å². The summed E-state index contributed by atoms with van der Waals surface area (Å²) in [5.41, 5.74) is 8.08. The summed E-state index contributed by atoms with van der Waals surface area (Å²) < 4.78 is 0. The lowest BCUT2D eigenvalue weighted by Crippen LogP contribution is -2.27. The first-order valence-corrected chi connectivity index (χ1v) is 8.83. The standard InChI is InChI=1S/C16H24N2S2/c1-3-20-14-9-5-8-13(15(14)16(17)19)18-12-7-4-6-11(2)10-12/h5,8-9,11-12,18H,3-4,6-7,10H2,1-2H3,(H2,17,19). The molecular formula is C16H24N2S2. The largest absolute Gasteiger partial charge is 0.389 e. The first kappa shape index (κ1) is 15.6. The van der Waals surface area contributed by atoms with Gasteiger partial charge in [0, 0.05) is 22.2 Å². The van der Waals surface area contributed by atoms with Gasteiger partial charge in [-0.05, 0) is 36.6 Å². The Kier molecular flexibility index (Phi) is 5.73. The van der Waals surface area contributed by atoms with Crippen LogP contribution in [0.5, 0.6) is 0 Å². The number of thiocarbonyl (C=S) groups is 1. The Balaban J connectivity index is 2.21. The molecule has 110 valence electrons. The quantitative estimate of drug-likeness (QED) is 0.623. The molecule has 1 aromatic rings. The molecule has 3 N–H and O–H groups in total. The highest BCUT2D eigenvalue weighted by Gasteiger charge is 2.20. The molecule has 0 amide bonds. The molecule has 0 bridgehead atoms. The van der Waals surface area contributed by atoms with Crippen molar-refractivity contribution in [2.45, 2.75) is 50.5 Å². The fraction of sp³-hybridized carbons (Fsp3) is 0.562. The van der Waals surface area contributed by atoms with E-state index in [1.165, 1.54) is 30.6 Å². The van der Waals surface area contributed by atoms with Gasteiger partial charge in [0.2, 0.25) is 0 Å². The fourth-order valence-corrected chi connectivity index (χ4v) is 4.10. The highest BCUT2D eigenvalue weighted by molar-refractivity contribution is 7.99. The van der Waals surface area contributed by atoms with Gasteiger partial charge in [0.05, 0.1) is 0 Å². The van der Waals surface area contributed by atoms with Crippen molar-refractivity contribution in [2.24, 2.45) is 11.7 Å². The molecule has 4 heteroatoms. The van der Waals surface area contributed by atoms with Gasteiger partial charge in [-0.25, -0.2) is 0 Å². The first-order valence-electron chi connectivity index (χ1n) is 7.44. The predicted molar refractivity (Wildman–Crippen MR) is 93.8 cm³/mol. The summed E-state index contributed by atoms with van der Waals surface area (Å²) in [6, 6.07) is 6.85. The average Bonchev–Trinajstić information content (AvgIpc) is 2.39. The van der Waals surface area contributed by atoms with E-state index in [2.05, 4.69) is 37.4 Å². The van der Waals surface area contributed by atoms with Gasteiger partial charge < -0.3 is 11.1 Å². The van der Waals surface area contributed by atoms with E-state index in [1.807, 2.05) is 0 Å². The van der Waals surface area contributed by atoms with Crippen molar-refractivity contribution in [2.75, 3.05) is 11.1 Å². The molecule has 2 nitrogen and oxygen atoms in total. The number of hydrogen-bond acceptors (Lipinski definition) is 3. The monoisotopic (exact) mass is 308 g/mol. The van der Waals surface area contributed by atoms with E-state index < -0.39 is 0 Å². The molecule has 0 spiro atoms. The highest BCUT2D eigenvalue weighted by atomic mass is 32.2. The maximum absolute atomic E-state index is 5.96. The Morgan fingerprint density at radius 2 is 2.25 bits per heavy atom. The van der Waals surface area contributed by atoms with Gasteiger partial charge in [0.25, 0.3) is 0 Å². The Labute approximate surface area is 131 Å². The second-order valence-corrected chi connectivity index (χ2v) is 7.33. The summed E-state index contributed by atoms with van der Waals surface area (Å²) in [4.78, 5) is 1.68. The van der Waals surface area contributed by atoms with Crippen LogP contribution in [0, 0.1) is 5.92 Å². The summed E-state index contributed by atoms with van der Waals surface area (Å²) in [5.74, 6) is 1.84. The van der Waals surface area contributed by atoms with E-state index in [4.69, 9.17) is 18.0 Å². The average molecular weight is 309 g/mol. The summed E-state index contributed by atoms with van der Waals surface area (Å²) in [5, 5.41) is 3.68. The third-order valence-electron chi connectivity index (χ3n) is 3.87. The van der Waals surface area contributed by atoms with Gasteiger partial charge in [-0.2, -0.15) is 0 Å². The minimum Gasteiger partial charge on any atom is -0.389 e. The number of anilines is 1. The maximum Gasteiger partial charge on any atom is 0.107 e. The minimum atomic E-state index is 0.493. The van der Waals surface area contributed by atoms with Crippen LogP contribution in [0.3, 0.4) is 0 Å². The van der Waals surface area contributed by atoms with Crippen LogP contribution in [0.4, 0.5) is 5.69 Å². The summed E-state index contributed by atoms with van der Waals surface area (Å²) in [6.45, 7) is 4.49. The highest BCUT2D eigenvalue weighted by Crippen LogP contribution is 2.31. The van der Waals surface area contributed by atoms with Crippen molar-refractivity contribution in [3.05, 3.63) is 23.8 Å². The lowest BCUT2D eigenvalue weighted by atomic mass is 9.87. The van der Waals surface area contributed by atoms with Crippen molar-refractivity contribution >= 4 is 34.7 Å². The Morgan fingerprint density at radius 3 is 2.90 bits per heavy atom. The number of thioether (sulfide) groups is 1. The smallest absolute Gasteiger partial charge is 0.107 e. The zero-order valence-electron chi connectivity index (χ0n) is 12.3. The van der Waals surface area contributed by atoms with Gasteiger partial charge >= 0.3 is 0 Å². The number of rotatable bonds is 5. The predicted octanol–water partition coefficient (Wildman–Crippen LogP) is 4.42. The van der Waals surface area contributed by atoms with E-state index in [9.17, 15) is 0 Å². The molecule has 2 atom stereocenters. The van der Waals surface area contributed by atoms with Gasteiger partial charge in [0.15, 0.2) is 0 Å². The van der Waals surface area contributed by atoms with Crippen molar-refractivity contribution in [1.29, 1.82) is 0 Å². The second-order valence-electron chi connectivity index (χ2n) is 5.59. The van der Waals surface area contributed by atoms with Crippen LogP contribution in [0.15, 0.2) is 23.1 Å². The maximum atomic E-state index is 5.96. The Morgan fingerprint density at radius 1 is 1.45 bits per heavy atom.